The van der Waals surface area contributed by atoms with E-state index in [4.69, 9.17) is 4.43 Å². The minimum Gasteiger partial charge on any atom is -0.407 e. The quantitative estimate of drug-likeness (QED) is 0.0862. The number of benzene rings is 2. The van der Waals surface area contributed by atoms with E-state index in [0.717, 1.165) is 58.0 Å². The first-order valence-electron chi connectivity index (χ1n) is 13.6. The third-order valence-corrected chi connectivity index (χ3v) is 12.9. The summed E-state index contributed by atoms with van der Waals surface area (Å²) in [5.74, 6) is 0. The van der Waals surface area contributed by atoms with Gasteiger partial charge >= 0.3 is 15.6 Å². The van der Waals surface area contributed by atoms with Crippen LogP contribution in [-0.2, 0) is 18.7 Å². The third kappa shape index (κ3) is 9.50. The number of halogens is 3. The van der Waals surface area contributed by atoms with Crippen molar-refractivity contribution in [2.24, 2.45) is 0 Å². The fourth-order valence-electron chi connectivity index (χ4n) is 4.84. The minimum absolute atomic E-state index is 0.0194. The molecule has 0 aliphatic heterocycles. The molecule has 38 heavy (non-hydrogen) atoms. The van der Waals surface area contributed by atoms with Crippen molar-refractivity contribution >= 4 is 28.8 Å². The van der Waals surface area contributed by atoms with Gasteiger partial charge < -0.3 is 4.43 Å². The Morgan fingerprint density at radius 1 is 0.632 bits per heavy atom. The molecule has 2 rings (SSSR count). The largest absolute Gasteiger partial charge is 0.523 e. The SMILES string of the molecule is CC(C)(C)[Si](OCCCCCCCCCCCCOS(=O)(=O)C(F)(F)F)(c1ccccc1)c1ccccc1. The van der Waals surface area contributed by atoms with Crippen LogP contribution in [0.2, 0.25) is 5.04 Å². The lowest BCUT2D eigenvalue weighted by Crippen LogP contribution is -2.66. The topological polar surface area (TPSA) is 52.6 Å². The van der Waals surface area contributed by atoms with Gasteiger partial charge in [0.05, 0.1) is 6.61 Å². The monoisotopic (exact) mass is 572 g/mol. The maximum atomic E-state index is 12.2. The van der Waals surface area contributed by atoms with Crippen LogP contribution in [0.5, 0.6) is 0 Å². The number of alkyl halides is 3. The van der Waals surface area contributed by atoms with Crippen LogP contribution in [0.4, 0.5) is 13.2 Å². The molecule has 4 nitrogen and oxygen atoms in total. The predicted octanol–water partition coefficient (Wildman–Crippen LogP) is 7.33. The van der Waals surface area contributed by atoms with Crippen molar-refractivity contribution in [2.45, 2.75) is 95.5 Å². The minimum atomic E-state index is -5.46. The van der Waals surface area contributed by atoms with Gasteiger partial charge in [0.1, 0.15) is 0 Å². The molecule has 0 saturated heterocycles. The van der Waals surface area contributed by atoms with Gasteiger partial charge in [0.15, 0.2) is 0 Å². The molecule has 2 aromatic carbocycles. The van der Waals surface area contributed by atoms with Gasteiger partial charge in [-0.1, -0.05) is 133 Å². The van der Waals surface area contributed by atoms with E-state index in [-0.39, 0.29) is 5.04 Å². The van der Waals surface area contributed by atoms with Crippen LogP contribution < -0.4 is 10.4 Å². The predicted molar refractivity (Wildman–Crippen MR) is 151 cm³/mol. The van der Waals surface area contributed by atoms with E-state index in [0.29, 0.717) is 12.8 Å². The smallest absolute Gasteiger partial charge is 0.407 e. The lowest BCUT2D eigenvalue weighted by atomic mass is 10.1. The van der Waals surface area contributed by atoms with Crippen LogP contribution in [0.1, 0.15) is 85.0 Å². The van der Waals surface area contributed by atoms with E-state index >= 15 is 0 Å². The van der Waals surface area contributed by atoms with Gasteiger partial charge in [0, 0.05) is 6.61 Å². The molecular weight excluding hydrogens is 529 g/mol. The van der Waals surface area contributed by atoms with Crippen molar-refractivity contribution in [1.82, 2.24) is 0 Å². The van der Waals surface area contributed by atoms with Crippen LogP contribution in [0, 0.1) is 0 Å². The first-order chi connectivity index (χ1) is 17.9. The van der Waals surface area contributed by atoms with E-state index in [1.165, 1.54) is 10.4 Å². The van der Waals surface area contributed by atoms with E-state index in [1.807, 2.05) is 0 Å². The summed E-state index contributed by atoms with van der Waals surface area (Å²) in [6.07, 6.45) is 9.43. The summed E-state index contributed by atoms with van der Waals surface area (Å²) in [7, 11) is -7.93. The van der Waals surface area contributed by atoms with Crippen molar-refractivity contribution in [3.05, 3.63) is 60.7 Å². The Morgan fingerprint density at radius 3 is 1.37 bits per heavy atom. The van der Waals surface area contributed by atoms with Crippen molar-refractivity contribution < 1.29 is 30.2 Å². The Balaban J connectivity index is 1.67. The molecule has 0 fully saturated rings. The molecule has 0 N–H and O–H groups in total. The molecule has 0 aliphatic rings. The van der Waals surface area contributed by atoms with Crippen molar-refractivity contribution in [3.8, 4) is 0 Å². The molecular formula is C29H43F3O4SSi. The fraction of sp³-hybridized carbons (Fsp3) is 0.586. The fourth-order valence-corrected chi connectivity index (χ4v) is 9.92. The zero-order valence-electron chi connectivity index (χ0n) is 22.9. The van der Waals surface area contributed by atoms with Crippen molar-refractivity contribution in [2.75, 3.05) is 13.2 Å². The van der Waals surface area contributed by atoms with Gasteiger partial charge in [-0.05, 0) is 28.3 Å². The summed E-state index contributed by atoms with van der Waals surface area (Å²) < 4.78 is 69.2. The van der Waals surface area contributed by atoms with Crippen LogP contribution in [0.15, 0.2) is 60.7 Å². The van der Waals surface area contributed by atoms with Gasteiger partial charge in [-0.25, -0.2) is 0 Å². The van der Waals surface area contributed by atoms with Gasteiger partial charge in [0.2, 0.25) is 0 Å². The molecule has 9 heteroatoms. The maximum absolute atomic E-state index is 12.2. The zero-order chi connectivity index (χ0) is 28.1. The average molecular weight is 573 g/mol. The molecule has 0 amide bonds. The highest BCUT2D eigenvalue weighted by Gasteiger charge is 2.50. The second kappa shape index (κ2) is 15.2. The summed E-state index contributed by atoms with van der Waals surface area (Å²) in [6, 6.07) is 21.3. The molecule has 0 atom stereocenters. The van der Waals surface area contributed by atoms with E-state index in [9.17, 15) is 21.6 Å². The van der Waals surface area contributed by atoms with Crippen molar-refractivity contribution in [3.63, 3.8) is 0 Å². The first kappa shape index (κ1) is 32.5. The Kier molecular flexibility index (Phi) is 13.0. The second-order valence-corrected chi connectivity index (χ2v) is 16.7. The molecule has 0 aliphatic carbocycles. The van der Waals surface area contributed by atoms with Crippen LogP contribution in [-0.4, -0.2) is 35.5 Å². The zero-order valence-corrected chi connectivity index (χ0v) is 24.8. The number of rotatable bonds is 17. The molecule has 2 aromatic rings. The molecule has 0 radical (unpaired) electrons. The van der Waals surface area contributed by atoms with Crippen LogP contribution >= 0.6 is 0 Å². The van der Waals surface area contributed by atoms with Gasteiger partial charge in [-0.15, -0.1) is 0 Å². The normalized spacial score (nSPS) is 13.1. The molecule has 0 bridgehead atoms. The number of hydrogen-bond acceptors (Lipinski definition) is 4. The van der Waals surface area contributed by atoms with Gasteiger partial charge in [-0.2, -0.15) is 21.6 Å². The summed E-state index contributed by atoms with van der Waals surface area (Å²) in [6.45, 7) is 7.18. The Hall–Kier alpha value is -1.68. The van der Waals surface area contributed by atoms with E-state index in [2.05, 4.69) is 85.6 Å². The Bertz CT molecular complexity index is 984. The molecule has 0 unspecified atom stereocenters. The lowest BCUT2D eigenvalue weighted by Gasteiger charge is -2.43. The highest BCUT2D eigenvalue weighted by molar-refractivity contribution is 7.87. The molecule has 0 heterocycles. The van der Waals surface area contributed by atoms with Crippen LogP contribution in [0.25, 0.3) is 0 Å². The lowest BCUT2D eigenvalue weighted by molar-refractivity contribution is -0.0542. The number of unbranched alkanes of at least 4 members (excludes halogenated alkanes) is 9. The maximum Gasteiger partial charge on any atom is 0.523 e. The standard InChI is InChI=1S/C29H43F3O4SSi/c1-28(2,3)38(26-20-14-12-15-21-26,27-22-16-13-17-23-27)36-25-19-11-9-7-5-4-6-8-10-18-24-35-37(33,34)29(30,31)32/h12-17,20-23H,4-11,18-19,24-25H2,1-3H3. The van der Waals surface area contributed by atoms with Gasteiger partial charge in [-0.3, -0.25) is 4.18 Å². The summed E-state index contributed by atoms with van der Waals surface area (Å²) >= 11 is 0. The molecule has 214 valence electrons. The molecule has 0 spiro atoms. The Labute approximate surface area is 228 Å². The summed E-state index contributed by atoms with van der Waals surface area (Å²) in [4.78, 5) is 0. The molecule has 0 saturated carbocycles. The van der Waals surface area contributed by atoms with Crippen molar-refractivity contribution in [1.29, 1.82) is 0 Å². The number of hydrogen-bond donors (Lipinski definition) is 0. The first-order valence-corrected chi connectivity index (χ1v) is 16.9. The third-order valence-electron chi connectivity index (χ3n) is 6.80. The Morgan fingerprint density at radius 2 is 1.00 bits per heavy atom. The average Bonchev–Trinajstić information content (AvgIpc) is 2.86. The summed E-state index contributed by atoms with van der Waals surface area (Å²) in [5.41, 5.74) is -5.35. The highest BCUT2D eigenvalue weighted by atomic mass is 32.2. The second-order valence-electron chi connectivity index (χ2n) is 10.8. The van der Waals surface area contributed by atoms with Crippen LogP contribution in [0.3, 0.4) is 0 Å². The highest BCUT2D eigenvalue weighted by Crippen LogP contribution is 2.36. The summed E-state index contributed by atoms with van der Waals surface area (Å²) in [5, 5.41) is 2.58. The molecule has 0 aromatic heterocycles. The van der Waals surface area contributed by atoms with E-state index in [1.54, 1.807) is 0 Å². The van der Waals surface area contributed by atoms with E-state index < -0.39 is 30.6 Å². The van der Waals surface area contributed by atoms with Gasteiger partial charge in [0.25, 0.3) is 8.32 Å².